The van der Waals surface area contributed by atoms with Crippen molar-refractivity contribution >= 4 is 22.8 Å². The lowest BCUT2D eigenvalue weighted by atomic mass is 10.1. The van der Waals surface area contributed by atoms with Crippen molar-refractivity contribution in [1.29, 1.82) is 0 Å². The quantitative estimate of drug-likeness (QED) is 0.630. The molecule has 90 valence electrons. The lowest BCUT2D eigenvalue weighted by molar-refractivity contribution is 0.937. The van der Waals surface area contributed by atoms with Crippen molar-refractivity contribution in [3.8, 4) is 11.4 Å². The molecule has 0 radical (unpaired) electrons. The van der Waals surface area contributed by atoms with Crippen LogP contribution in [0.15, 0.2) is 30.6 Å². The molecule has 1 aromatic carbocycles. The molecule has 0 amide bonds. The predicted octanol–water partition coefficient (Wildman–Crippen LogP) is 2.99. The minimum atomic E-state index is 0.385. The van der Waals surface area contributed by atoms with Crippen LogP contribution in [0.1, 0.15) is 5.56 Å². The first-order valence-corrected chi connectivity index (χ1v) is 5.95. The number of nitrogens with zero attached hydrogens (tertiary/aromatic N) is 4. The Morgan fingerprint density at radius 3 is 2.67 bits per heavy atom. The Labute approximate surface area is 109 Å². The van der Waals surface area contributed by atoms with Gasteiger partial charge >= 0.3 is 0 Å². The highest BCUT2D eigenvalue weighted by Crippen LogP contribution is 2.27. The molecule has 0 aliphatic carbocycles. The first-order valence-electron chi connectivity index (χ1n) is 5.57. The second-order valence-electron chi connectivity index (χ2n) is 4.15. The third-order valence-electron chi connectivity index (χ3n) is 3.00. The van der Waals surface area contributed by atoms with Crippen molar-refractivity contribution in [1.82, 2.24) is 19.5 Å². The van der Waals surface area contributed by atoms with Gasteiger partial charge in [0.05, 0.1) is 0 Å². The van der Waals surface area contributed by atoms with Crippen molar-refractivity contribution in [3.05, 3.63) is 41.3 Å². The molecule has 0 atom stereocenters. The van der Waals surface area contributed by atoms with Crippen molar-refractivity contribution in [2.45, 2.75) is 6.92 Å². The number of fused-ring (bicyclic) bond motifs is 1. The molecule has 0 fully saturated rings. The SMILES string of the molecule is Cc1ccccc1-c1nc2c(Cl)ncnc2n1C. The Bertz CT molecular complexity index is 733. The zero-order valence-corrected chi connectivity index (χ0v) is 10.8. The van der Waals surface area contributed by atoms with Gasteiger partial charge in [0.1, 0.15) is 17.7 Å². The highest BCUT2D eigenvalue weighted by Gasteiger charge is 2.14. The molecule has 3 aromatic rings. The molecule has 0 saturated heterocycles. The molecule has 18 heavy (non-hydrogen) atoms. The number of hydrogen-bond acceptors (Lipinski definition) is 3. The highest BCUT2D eigenvalue weighted by molar-refractivity contribution is 6.33. The van der Waals surface area contributed by atoms with Gasteiger partial charge in [-0.3, -0.25) is 0 Å². The molecular formula is C13H11ClN4. The van der Waals surface area contributed by atoms with Crippen LogP contribution >= 0.6 is 11.6 Å². The molecule has 0 saturated carbocycles. The molecule has 2 aromatic heterocycles. The maximum Gasteiger partial charge on any atom is 0.165 e. The van der Waals surface area contributed by atoms with E-state index in [1.807, 2.05) is 29.8 Å². The van der Waals surface area contributed by atoms with Gasteiger partial charge in [0, 0.05) is 12.6 Å². The van der Waals surface area contributed by atoms with Crippen molar-refractivity contribution < 1.29 is 0 Å². The number of rotatable bonds is 1. The van der Waals surface area contributed by atoms with Crippen LogP contribution in [-0.4, -0.2) is 19.5 Å². The van der Waals surface area contributed by atoms with E-state index in [-0.39, 0.29) is 0 Å². The van der Waals surface area contributed by atoms with E-state index in [1.54, 1.807) is 0 Å². The van der Waals surface area contributed by atoms with Crippen LogP contribution in [0.4, 0.5) is 0 Å². The predicted molar refractivity (Wildman–Crippen MR) is 71.5 cm³/mol. The van der Waals surface area contributed by atoms with Gasteiger partial charge in [0.2, 0.25) is 0 Å². The number of benzene rings is 1. The first kappa shape index (κ1) is 11.2. The lowest BCUT2D eigenvalue weighted by Gasteiger charge is -2.04. The van der Waals surface area contributed by atoms with E-state index >= 15 is 0 Å². The number of aryl methyl sites for hydroxylation is 2. The van der Waals surface area contributed by atoms with E-state index < -0.39 is 0 Å². The Morgan fingerprint density at radius 1 is 1.17 bits per heavy atom. The maximum absolute atomic E-state index is 6.04. The minimum absolute atomic E-state index is 0.385. The van der Waals surface area contributed by atoms with Crippen LogP contribution < -0.4 is 0 Å². The molecular weight excluding hydrogens is 248 g/mol. The van der Waals surface area contributed by atoms with E-state index in [2.05, 4.69) is 27.9 Å². The third-order valence-corrected chi connectivity index (χ3v) is 3.27. The Morgan fingerprint density at radius 2 is 1.94 bits per heavy atom. The van der Waals surface area contributed by atoms with E-state index in [0.29, 0.717) is 10.7 Å². The molecule has 0 bridgehead atoms. The fourth-order valence-corrected chi connectivity index (χ4v) is 2.21. The summed E-state index contributed by atoms with van der Waals surface area (Å²) >= 11 is 6.04. The molecule has 0 aliphatic rings. The fraction of sp³-hybridized carbons (Fsp3) is 0.154. The average Bonchev–Trinajstić information content (AvgIpc) is 2.70. The summed E-state index contributed by atoms with van der Waals surface area (Å²) in [5.74, 6) is 0.852. The first-order chi connectivity index (χ1) is 8.68. The van der Waals surface area contributed by atoms with Crippen LogP contribution in [0, 0.1) is 6.92 Å². The highest BCUT2D eigenvalue weighted by atomic mass is 35.5. The molecule has 0 aliphatic heterocycles. The second kappa shape index (κ2) is 4.07. The Kier molecular flexibility index (Phi) is 2.52. The monoisotopic (exact) mass is 258 g/mol. The summed E-state index contributed by atoms with van der Waals surface area (Å²) in [5, 5.41) is 0.385. The van der Waals surface area contributed by atoms with E-state index in [9.17, 15) is 0 Å². The molecule has 0 N–H and O–H groups in total. The molecule has 2 heterocycles. The molecule has 3 rings (SSSR count). The summed E-state index contributed by atoms with van der Waals surface area (Å²) < 4.78 is 1.94. The smallest absolute Gasteiger partial charge is 0.165 e. The lowest BCUT2D eigenvalue weighted by Crippen LogP contribution is -1.95. The van der Waals surface area contributed by atoms with Gasteiger partial charge in [-0.2, -0.15) is 0 Å². The van der Waals surface area contributed by atoms with Gasteiger partial charge in [0.25, 0.3) is 0 Å². The van der Waals surface area contributed by atoms with Gasteiger partial charge in [-0.05, 0) is 12.5 Å². The standard InChI is InChI=1S/C13H11ClN4/c1-8-5-3-4-6-9(8)12-17-10-11(14)15-7-16-13(10)18(12)2/h3-7H,1-2H3. The number of halogens is 1. The van der Waals surface area contributed by atoms with Gasteiger partial charge in [-0.25, -0.2) is 15.0 Å². The summed E-state index contributed by atoms with van der Waals surface area (Å²) in [6.07, 6.45) is 1.45. The van der Waals surface area contributed by atoms with Crippen molar-refractivity contribution in [2.24, 2.45) is 7.05 Å². The van der Waals surface area contributed by atoms with E-state index in [0.717, 1.165) is 17.0 Å². The summed E-state index contributed by atoms with van der Waals surface area (Å²) in [4.78, 5) is 12.7. The molecule has 4 nitrogen and oxygen atoms in total. The fourth-order valence-electron chi connectivity index (χ4n) is 2.04. The zero-order chi connectivity index (χ0) is 12.7. The average molecular weight is 259 g/mol. The van der Waals surface area contributed by atoms with E-state index in [4.69, 9.17) is 11.6 Å². The van der Waals surface area contributed by atoms with E-state index in [1.165, 1.54) is 11.9 Å². The van der Waals surface area contributed by atoms with Crippen LogP contribution in [0.2, 0.25) is 5.15 Å². The summed E-state index contributed by atoms with van der Waals surface area (Å²) in [6.45, 7) is 2.06. The van der Waals surface area contributed by atoms with Crippen molar-refractivity contribution in [3.63, 3.8) is 0 Å². The molecule has 0 spiro atoms. The van der Waals surface area contributed by atoms with Crippen LogP contribution in [0.3, 0.4) is 0 Å². The van der Waals surface area contributed by atoms with Crippen LogP contribution in [0.5, 0.6) is 0 Å². The third kappa shape index (κ3) is 1.57. The number of hydrogen-bond donors (Lipinski definition) is 0. The molecule has 0 unspecified atom stereocenters. The minimum Gasteiger partial charge on any atom is -0.312 e. The van der Waals surface area contributed by atoms with Gasteiger partial charge in [-0.1, -0.05) is 35.9 Å². The number of aromatic nitrogens is 4. The molecule has 5 heteroatoms. The largest absolute Gasteiger partial charge is 0.312 e. The summed E-state index contributed by atoms with van der Waals surface area (Å²) in [7, 11) is 1.93. The topological polar surface area (TPSA) is 43.6 Å². The van der Waals surface area contributed by atoms with Gasteiger partial charge < -0.3 is 4.57 Å². The van der Waals surface area contributed by atoms with Crippen LogP contribution in [-0.2, 0) is 7.05 Å². The Hall–Kier alpha value is -1.94. The summed E-state index contributed by atoms with van der Waals surface area (Å²) in [5.41, 5.74) is 3.63. The second-order valence-corrected chi connectivity index (χ2v) is 4.50. The Balaban J connectivity index is 2.35. The van der Waals surface area contributed by atoms with Gasteiger partial charge in [0.15, 0.2) is 10.8 Å². The normalized spacial score (nSPS) is 11.1. The van der Waals surface area contributed by atoms with Crippen LogP contribution in [0.25, 0.3) is 22.6 Å². The van der Waals surface area contributed by atoms with Gasteiger partial charge in [-0.15, -0.1) is 0 Å². The maximum atomic E-state index is 6.04. The number of imidazole rings is 1. The van der Waals surface area contributed by atoms with Crippen molar-refractivity contribution in [2.75, 3.05) is 0 Å². The zero-order valence-electron chi connectivity index (χ0n) is 10.1. The summed E-state index contributed by atoms with van der Waals surface area (Å²) in [6, 6.07) is 8.10.